The predicted molar refractivity (Wildman–Crippen MR) is 225 cm³/mol. The predicted octanol–water partition coefficient (Wildman–Crippen LogP) is 8.51. The van der Waals surface area contributed by atoms with Gasteiger partial charge in [0.2, 0.25) is 0 Å². The van der Waals surface area contributed by atoms with Gasteiger partial charge in [-0.3, -0.25) is 23.4 Å². The zero-order valence-electron chi connectivity index (χ0n) is 35.4. The van der Waals surface area contributed by atoms with Crippen molar-refractivity contribution in [3.8, 4) is 0 Å². The molecule has 2 N–H and O–H groups in total. The Morgan fingerprint density at radius 3 is 2.23 bits per heavy atom. The Bertz CT molecular complexity index is 1830. The first kappa shape index (κ1) is 40.9. The molecule has 1 heterocycles. The summed E-state index contributed by atoms with van der Waals surface area (Å²) in [6.45, 7) is 16.1. The third-order valence-corrected chi connectivity index (χ3v) is 19.3. The number of hydrogen-bond donors (Lipinski definition) is 2. The molecule has 57 heavy (non-hydrogen) atoms. The number of nitrogens with zero attached hydrogens (tertiary/aromatic N) is 1. The number of hydrogen-bond acceptors (Lipinski definition) is 6. The highest BCUT2D eigenvalue weighted by Crippen LogP contribution is 2.72. The number of carbonyl (C=O) groups excluding carboxylic acids is 3. The maximum atomic E-state index is 14.0. The summed E-state index contributed by atoms with van der Waals surface area (Å²) in [5, 5.41) is 12.7. The number of Topliss-reactive ketones (excluding diaryl/α,β-unsaturated/α-hetero) is 2. The van der Waals surface area contributed by atoms with Gasteiger partial charge in [-0.1, -0.05) is 47.1 Å². The number of ketones is 2. The quantitative estimate of drug-likeness (QED) is 0.244. The van der Waals surface area contributed by atoms with Crippen LogP contribution in [0.15, 0.2) is 35.4 Å². The standard InChI is InChI=1S/C48H68N2O6S/c1-28(2)42-40(52)27-48(19-20-49-44(53)31-7-9-33(10-8-31)50-21-23-57(56)24-22-50)18-15-38-34(43(42)48)11-12-41-46(5)16-13-32(29(3)37(46)14-17-47(38,41)6)25-39(51)35-26-36(30(35)4)45(54)55/h7-10,28-30,32,34-38,41H,11-27H2,1-6H3,(H,49,53)(H,54,55). The van der Waals surface area contributed by atoms with Crippen molar-refractivity contribution in [1.82, 2.24) is 5.32 Å². The molecule has 0 bridgehead atoms. The van der Waals surface area contributed by atoms with E-state index in [-0.39, 0.29) is 45.8 Å². The van der Waals surface area contributed by atoms with Gasteiger partial charge in [-0.05, 0) is 152 Å². The van der Waals surface area contributed by atoms with Crippen LogP contribution in [0, 0.1) is 75.4 Å². The molecular formula is C48H68N2O6S. The second-order valence-electron chi connectivity index (χ2n) is 20.8. The van der Waals surface area contributed by atoms with Crippen LogP contribution in [0.2, 0.25) is 0 Å². The van der Waals surface area contributed by atoms with Crippen LogP contribution in [-0.2, 0) is 25.2 Å². The van der Waals surface area contributed by atoms with Gasteiger partial charge in [0.15, 0.2) is 5.78 Å². The van der Waals surface area contributed by atoms with Crippen molar-refractivity contribution >= 4 is 39.9 Å². The topological polar surface area (TPSA) is 121 Å². The molecule has 1 aliphatic heterocycles. The Morgan fingerprint density at radius 2 is 1.56 bits per heavy atom. The summed E-state index contributed by atoms with van der Waals surface area (Å²) in [6.07, 6.45) is 11.7. The van der Waals surface area contributed by atoms with Gasteiger partial charge in [0.25, 0.3) is 5.91 Å². The molecule has 1 aromatic carbocycles. The maximum Gasteiger partial charge on any atom is 0.306 e. The van der Waals surface area contributed by atoms with Crippen LogP contribution < -0.4 is 10.2 Å². The number of anilines is 1. The molecule has 12 atom stereocenters. The minimum Gasteiger partial charge on any atom is -0.481 e. The van der Waals surface area contributed by atoms with Gasteiger partial charge in [0, 0.05) is 77.4 Å². The average Bonchev–Trinajstić information content (AvgIpc) is 3.47. The molecule has 12 unspecified atom stereocenters. The number of carbonyl (C=O) groups is 4. The number of amides is 1. The van der Waals surface area contributed by atoms with Crippen LogP contribution in [0.5, 0.6) is 0 Å². The number of fused-ring (bicyclic) bond motifs is 7. The van der Waals surface area contributed by atoms with Crippen LogP contribution >= 0.6 is 0 Å². The normalized spacial score (nSPS) is 40.4. The molecule has 0 spiro atoms. The van der Waals surface area contributed by atoms with Gasteiger partial charge in [-0.15, -0.1) is 0 Å². The molecule has 7 aliphatic rings. The second kappa shape index (κ2) is 15.3. The van der Waals surface area contributed by atoms with E-state index in [0.717, 1.165) is 56.5 Å². The molecule has 6 aliphatic carbocycles. The Hall–Kier alpha value is -2.81. The summed E-state index contributed by atoms with van der Waals surface area (Å²) in [5.74, 6) is 3.95. The molecule has 8 rings (SSSR count). The summed E-state index contributed by atoms with van der Waals surface area (Å²) in [7, 11) is -0.729. The van der Waals surface area contributed by atoms with Crippen molar-refractivity contribution in [3.05, 3.63) is 41.0 Å². The molecule has 1 aromatic rings. The van der Waals surface area contributed by atoms with Gasteiger partial charge in [0.05, 0.1) is 5.92 Å². The van der Waals surface area contributed by atoms with Crippen molar-refractivity contribution in [1.29, 1.82) is 0 Å². The van der Waals surface area contributed by atoms with Crippen LogP contribution in [0.3, 0.4) is 0 Å². The molecule has 9 heteroatoms. The Balaban J connectivity index is 0.943. The third kappa shape index (κ3) is 6.89. The Kier molecular flexibility index (Phi) is 11.0. The van der Waals surface area contributed by atoms with Gasteiger partial charge in [-0.25, -0.2) is 0 Å². The van der Waals surface area contributed by atoms with Crippen LogP contribution in [0.25, 0.3) is 0 Å². The minimum absolute atomic E-state index is 0.0524. The van der Waals surface area contributed by atoms with Gasteiger partial charge >= 0.3 is 5.97 Å². The van der Waals surface area contributed by atoms with Gasteiger partial charge < -0.3 is 15.3 Å². The van der Waals surface area contributed by atoms with Crippen molar-refractivity contribution in [2.24, 2.45) is 75.4 Å². The number of carboxylic acids is 1. The van der Waals surface area contributed by atoms with E-state index in [1.807, 2.05) is 31.2 Å². The number of rotatable bonds is 10. The Morgan fingerprint density at radius 1 is 0.895 bits per heavy atom. The summed E-state index contributed by atoms with van der Waals surface area (Å²) in [4.78, 5) is 54.7. The molecule has 8 nitrogen and oxygen atoms in total. The highest BCUT2D eigenvalue weighted by atomic mass is 32.2. The van der Waals surface area contributed by atoms with E-state index in [2.05, 4.69) is 44.8 Å². The van der Waals surface area contributed by atoms with Crippen molar-refractivity contribution in [2.45, 2.75) is 119 Å². The van der Waals surface area contributed by atoms with Crippen LogP contribution in [-0.4, -0.2) is 63.9 Å². The zero-order chi connectivity index (χ0) is 40.6. The van der Waals surface area contributed by atoms with Crippen molar-refractivity contribution < 1.29 is 28.5 Å². The molecule has 1 saturated heterocycles. The first-order valence-electron chi connectivity index (χ1n) is 22.6. The highest BCUT2D eigenvalue weighted by Gasteiger charge is 2.64. The van der Waals surface area contributed by atoms with Gasteiger partial charge in [-0.2, -0.15) is 0 Å². The number of allylic oxidation sites excluding steroid dienone is 2. The van der Waals surface area contributed by atoms with Gasteiger partial charge in [0.1, 0.15) is 5.78 Å². The summed E-state index contributed by atoms with van der Waals surface area (Å²) in [5.41, 5.74) is 4.56. The third-order valence-electron chi connectivity index (χ3n) is 18.0. The van der Waals surface area contributed by atoms with E-state index >= 15 is 0 Å². The largest absolute Gasteiger partial charge is 0.481 e. The van der Waals surface area contributed by atoms with Crippen LogP contribution in [0.1, 0.15) is 129 Å². The first-order valence-corrected chi connectivity index (χ1v) is 24.1. The Labute approximate surface area is 343 Å². The van der Waals surface area contributed by atoms with E-state index in [4.69, 9.17) is 0 Å². The number of carboxylic acid groups (broad SMARTS) is 1. The summed E-state index contributed by atoms with van der Waals surface area (Å²) in [6, 6.07) is 7.80. The molecule has 0 aromatic heterocycles. The summed E-state index contributed by atoms with van der Waals surface area (Å²) < 4.78 is 11.8. The lowest BCUT2D eigenvalue weighted by molar-refractivity contribution is -0.172. The lowest BCUT2D eigenvalue weighted by Gasteiger charge is -2.67. The van der Waals surface area contributed by atoms with E-state index in [9.17, 15) is 28.5 Å². The fourth-order valence-corrected chi connectivity index (χ4v) is 16.0. The number of aliphatic carboxylic acids is 1. The number of benzene rings is 1. The first-order chi connectivity index (χ1) is 27.1. The molecule has 6 fully saturated rings. The maximum absolute atomic E-state index is 14.0. The van der Waals surface area contributed by atoms with Crippen LogP contribution in [0.4, 0.5) is 5.69 Å². The van der Waals surface area contributed by atoms with Crippen molar-refractivity contribution in [2.75, 3.05) is 36.0 Å². The molecule has 5 saturated carbocycles. The van der Waals surface area contributed by atoms with E-state index in [1.165, 1.54) is 31.3 Å². The fraction of sp³-hybridized carbons (Fsp3) is 0.750. The smallest absolute Gasteiger partial charge is 0.306 e. The summed E-state index contributed by atoms with van der Waals surface area (Å²) >= 11 is 0. The molecule has 0 radical (unpaired) electrons. The van der Waals surface area contributed by atoms with E-state index < -0.39 is 16.8 Å². The monoisotopic (exact) mass is 800 g/mol. The van der Waals surface area contributed by atoms with Crippen molar-refractivity contribution in [3.63, 3.8) is 0 Å². The highest BCUT2D eigenvalue weighted by molar-refractivity contribution is 7.85. The minimum atomic E-state index is -0.759. The molecule has 1 amide bonds. The zero-order valence-corrected chi connectivity index (χ0v) is 36.3. The average molecular weight is 801 g/mol. The number of nitrogens with one attached hydrogen (secondary N) is 1. The lowest BCUT2D eigenvalue weighted by atomic mass is 9.37. The molecule has 312 valence electrons. The lowest BCUT2D eigenvalue weighted by Crippen LogP contribution is -2.60. The van der Waals surface area contributed by atoms with E-state index in [1.54, 1.807) is 0 Å². The molecular weight excluding hydrogens is 733 g/mol. The fourth-order valence-electron chi connectivity index (χ4n) is 14.9. The van der Waals surface area contributed by atoms with E-state index in [0.29, 0.717) is 90.0 Å². The SMILES string of the molecule is CC(C)C1=C2C3CCC4C(C)(CCC5C(C)C(CC(=O)C6CC(C(=O)O)C6C)CCC54C)C3CCC2(CCNC(=O)c2ccc(N3CCS(=O)CC3)cc2)CC1=O. The second-order valence-corrected chi connectivity index (χ2v) is 22.5.